The van der Waals surface area contributed by atoms with Crippen molar-refractivity contribution in [3.05, 3.63) is 81.2 Å². The number of nitrogens with zero attached hydrogens (tertiary/aromatic N) is 1. The van der Waals surface area contributed by atoms with Crippen molar-refractivity contribution in [3.8, 4) is 0 Å². The van der Waals surface area contributed by atoms with Crippen LogP contribution in [0.25, 0.3) is 10.8 Å². The number of rotatable bonds is 5. The maximum atomic E-state index is 12.9. The number of fused-ring (bicyclic) bond motifs is 1. The van der Waals surface area contributed by atoms with Crippen LogP contribution in [0.4, 0.5) is 0 Å². The van der Waals surface area contributed by atoms with Gasteiger partial charge in [0.2, 0.25) is 0 Å². The number of benzene rings is 2. The van der Waals surface area contributed by atoms with Gasteiger partial charge in [0.25, 0.3) is 11.5 Å². The molecule has 1 aromatic heterocycles. The van der Waals surface area contributed by atoms with E-state index in [4.69, 9.17) is 11.6 Å². The smallest absolute Gasteiger partial charge is 0.255 e. The Kier molecular flexibility index (Phi) is 5.46. The number of carbonyl (C=O) groups excluding carboxylic acids is 1. The van der Waals surface area contributed by atoms with Gasteiger partial charge in [-0.2, -0.15) is 0 Å². The number of amides is 1. The van der Waals surface area contributed by atoms with Crippen molar-refractivity contribution >= 4 is 28.3 Å². The molecule has 0 saturated carbocycles. The molecule has 1 aliphatic rings. The van der Waals surface area contributed by atoms with Gasteiger partial charge in [0, 0.05) is 28.5 Å². The summed E-state index contributed by atoms with van der Waals surface area (Å²) in [5, 5.41) is 4.93. The van der Waals surface area contributed by atoms with E-state index in [0.717, 1.165) is 31.5 Å². The molecule has 0 bridgehead atoms. The van der Waals surface area contributed by atoms with Gasteiger partial charge in [0.05, 0.1) is 11.6 Å². The summed E-state index contributed by atoms with van der Waals surface area (Å²) in [6.45, 7) is 2.50. The average Bonchev–Trinajstić information content (AvgIpc) is 3.23. The first-order valence-electron chi connectivity index (χ1n) is 9.51. The third-order valence-electron chi connectivity index (χ3n) is 5.32. The Morgan fingerprint density at radius 1 is 1.11 bits per heavy atom. The molecule has 5 nitrogen and oxygen atoms in total. The second-order valence-corrected chi connectivity index (χ2v) is 7.54. The number of pyridine rings is 1. The van der Waals surface area contributed by atoms with E-state index in [1.165, 1.54) is 6.20 Å². The Balaban J connectivity index is 1.58. The summed E-state index contributed by atoms with van der Waals surface area (Å²) in [6, 6.07) is 15.0. The highest BCUT2D eigenvalue weighted by Gasteiger charge is 2.24. The van der Waals surface area contributed by atoms with E-state index in [1.807, 2.05) is 24.3 Å². The number of nitrogens with one attached hydrogen (secondary N) is 2. The SMILES string of the molecule is O=C(NCC(c1cccc(Cl)c1)N1CCCC1)c1c[nH]c(=O)c2ccccc12. The molecule has 0 radical (unpaired) electrons. The lowest BCUT2D eigenvalue weighted by molar-refractivity contribution is 0.0939. The van der Waals surface area contributed by atoms with Crippen LogP contribution in [0.2, 0.25) is 5.02 Å². The topological polar surface area (TPSA) is 65.2 Å². The molecule has 1 fully saturated rings. The number of aromatic amines is 1. The number of likely N-dealkylation sites (tertiary alicyclic amines) is 1. The largest absolute Gasteiger partial charge is 0.350 e. The normalized spacial score (nSPS) is 15.6. The molecule has 0 spiro atoms. The summed E-state index contributed by atoms with van der Waals surface area (Å²) >= 11 is 6.19. The number of carbonyl (C=O) groups is 1. The van der Waals surface area contributed by atoms with Crippen LogP contribution in [-0.4, -0.2) is 35.4 Å². The molecule has 2 N–H and O–H groups in total. The second-order valence-electron chi connectivity index (χ2n) is 7.10. The third kappa shape index (κ3) is 3.81. The van der Waals surface area contributed by atoms with E-state index in [1.54, 1.807) is 18.2 Å². The van der Waals surface area contributed by atoms with Gasteiger partial charge in [-0.3, -0.25) is 14.5 Å². The highest BCUT2D eigenvalue weighted by molar-refractivity contribution is 6.30. The van der Waals surface area contributed by atoms with Gasteiger partial charge in [0.15, 0.2) is 0 Å². The first-order chi connectivity index (χ1) is 13.6. The van der Waals surface area contributed by atoms with Gasteiger partial charge in [-0.1, -0.05) is 41.9 Å². The summed E-state index contributed by atoms with van der Waals surface area (Å²) in [5.74, 6) is -0.196. The summed E-state index contributed by atoms with van der Waals surface area (Å²) in [6.07, 6.45) is 3.81. The third-order valence-corrected chi connectivity index (χ3v) is 5.56. The summed E-state index contributed by atoms with van der Waals surface area (Å²) < 4.78 is 0. The fraction of sp³-hybridized carbons (Fsp3) is 0.273. The van der Waals surface area contributed by atoms with E-state index in [9.17, 15) is 9.59 Å². The minimum Gasteiger partial charge on any atom is -0.350 e. The summed E-state index contributed by atoms with van der Waals surface area (Å²) in [5.41, 5.74) is 1.38. The number of H-pyrrole nitrogens is 1. The van der Waals surface area contributed by atoms with E-state index in [-0.39, 0.29) is 17.5 Å². The van der Waals surface area contributed by atoms with E-state index in [2.05, 4.69) is 21.3 Å². The molecule has 1 amide bonds. The van der Waals surface area contributed by atoms with E-state index in [0.29, 0.717) is 27.9 Å². The van der Waals surface area contributed by atoms with E-state index < -0.39 is 0 Å². The number of hydrogen-bond donors (Lipinski definition) is 2. The Morgan fingerprint density at radius 2 is 1.86 bits per heavy atom. The van der Waals surface area contributed by atoms with Crippen LogP contribution in [0, 0.1) is 0 Å². The van der Waals surface area contributed by atoms with Crippen molar-refractivity contribution in [1.82, 2.24) is 15.2 Å². The first-order valence-corrected chi connectivity index (χ1v) is 9.89. The Bertz CT molecular complexity index is 1060. The molecule has 3 aromatic rings. The Labute approximate surface area is 168 Å². The molecule has 144 valence electrons. The standard InChI is InChI=1S/C22H22ClN3O2/c23-16-7-5-6-15(12-16)20(26-10-3-4-11-26)14-25-22(28)19-13-24-21(27)18-9-2-1-8-17(18)19/h1-2,5-9,12-13,20H,3-4,10-11,14H2,(H,24,27)(H,25,28). The minimum atomic E-state index is -0.196. The fourth-order valence-corrected chi connectivity index (χ4v) is 4.11. The van der Waals surface area contributed by atoms with Crippen LogP contribution >= 0.6 is 11.6 Å². The van der Waals surface area contributed by atoms with Crippen LogP contribution < -0.4 is 10.9 Å². The fourth-order valence-electron chi connectivity index (χ4n) is 3.91. The Morgan fingerprint density at radius 3 is 2.61 bits per heavy atom. The van der Waals surface area contributed by atoms with Crippen molar-refractivity contribution in [3.63, 3.8) is 0 Å². The lowest BCUT2D eigenvalue weighted by Gasteiger charge is -2.28. The average molecular weight is 396 g/mol. The molecule has 0 aliphatic carbocycles. The summed E-state index contributed by atoms with van der Waals surface area (Å²) in [4.78, 5) is 30.0. The zero-order chi connectivity index (χ0) is 19.5. The van der Waals surface area contributed by atoms with Crippen molar-refractivity contribution in [1.29, 1.82) is 0 Å². The molecule has 28 heavy (non-hydrogen) atoms. The van der Waals surface area contributed by atoms with Crippen LogP contribution in [0.1, 0.15) is 34.8 Å². The molecule has 6 heteroatoms. The van der Waals surface area contributed by atoms with Crippen LogP contribution in [0.3, 0.4) is 0 Å². The lowest BCUT2D eigenvalue weighted by Crippen LogP contribution is -2.37. The first kappa shape index (κ1) is 18.7. The molecule has 2 aromatic carbocycles. The highest BCUT2D eigenvalue weighted by Crippen LogP contribution is 2.26. The van der Waals surface area contributed by atoms with E-state index >= 15 is 0 Å². The van der Waals surface area contributed by atoms with Gasteiger partial charge in [-0.05, 0) is 49.7 Å². The number of halogens is 1. The number of hydrogen-bond acceptors (Lipinski definition) is 3. The molecule has 2 heterocycles. The van der Waals surface area contributed by atoms with Crippen molar-refractivity contribution in [2.45, 2.75) is 18.9 Å². The molecular weight excluding hydrogens is 374 g/mol. The highest BCUT2D eigenvalue weighted by atomic mass is 35.5. The maximum absolute atomic E-state index is 12.9. The van der Waals surface area contributed by atoms with Gasteiger partial charge in [-0.15, -0.1) is 0 Å². The lowest BCUT2D eigenvalue weighted by atomic mass is 10.0. The number of aromatic nitrogens is 1. The zero-order valence-corrected chi connectivity index (χ0v) is 16.2. The summed E-state index contributed by atoms with van der Waals surface area (Å²) in [7, 11) is 0. The molecule has 1 aliphatic heterocycles. The molecule has 1 atom stereocenters. The van der Waals surface area contributed by atoms with Crippen LogP contribution in [0.5, 0.6) is 0 Å². The van der Waals surface area contributed by atoms with Gasteiger partial charge < -0.3 is 10.3 Å². The van der Waals surface area contributed by atoms with Crippen LogP contribution in [0.15, 0.2) is 59.5 Å². The van der Waals surface area contributed by atoms with Crippen molar-refractivity contribution in [2.75, 3.05) is 19.6 Å². The van der Waals surface area contributed by atoms with Crippen molar-refractivity contribution < 1.29 is 4.79 Å². The van der Waals surface area contributed by atoms with Gasteiger partial charge in [0.1, 0.15) is 0 Å². The molecule has 4 rings (SSSR count). The van der Waals surface area contributed by atoms with Crippen molar-refractivity contribution in [2.24, 2.45) is 0 Å². The quantitative estimate of drug-likeness (QED) is 0.691. The zero-order valence-electron chi connectivity index (χ0n) is 15.5. The maximum Gasteiger partial charge on any atom is 0.255 e. The molecule has 1 unspecified atom stereocenters. The minimum absolute atomic E-state index is 0.0687. The van der Waals surface area contributed by atoms with Gasteiger partial charge in [-0.25, -0.2) is 0 Å². The molecular formula is C22H22ClN3O2. The monoisotopic (exact) mass is 395 g/mol. The predicted molar refractivity (Wildman–Crippen MR) is 112 cm³/mol. The predicted octanol–water partition coefficient (Wildman–Crippen LogP) is 3.75. The molecule has 1 saturated heterocycles. The Hall–Kier alpha value is -2.63. The van der Waals surface area contributed by atoms with Gasteiger partial charge >= 0.3 is 0 Å². The second kappa shape index (κ2) is 8.17. The van der Waals surface area contributed by atoms with Crippen LogP contribution in [-0.2, 0) is 0 Å².